The number of anilines is 2. The van der Waals surface area contributed by atoms with Crippen LogP contribution in [0.4, 0.5) is 11.4 Å². The zero-order valence-electron chi connectivity index (χ0n) is 14.6. The molecular weight excluding hydrogens is 304 g/mol. The summed E-state index contributed by atoms with van der Waals surface area (Å²) in [6.45, 7) is 4.43. The van der Waals surface area contributed by atoms with Gasteiger partial charge < -0.3 is 9.80 Å². The van der Waals surface area contributed by atoms with Gasteiger partial charge in [-0.1, -0.05) is 73.7 Å². The lowest BCUT2D eigenvalue weighted by atomic mass is 9.96. The lowest BCUT2D eigenvalue weighted by Crippen LogP contribution is -2.43. The zero-order valence-corrected chi connectivity index (χ0v) is 14.6. The van der Waals surface area contributed by atoms with Crippen molar-refractivity contribution in [1.82, 2.24) is 0 Å². The van der Waals surface area contributed by atoms with E-state index in [-0.39, 0.29) is 0 Å². The standard InChI is InChI=1S/C23H24N2/c1-19(20-11-5-2-6-12-20)23-24(21-13-7-3-8-14-21)17-18-25(23)22-15-9-4-10-16-22/h2-16,19,23H,17-18H2,1H3/t19-/m0/s1. The van der Waals surface area contributed by atoms with Crippen molar-refractivity contribution in [2.45, 2.75) is 19.0 Å². The second kappa shape index (κ2) is 7.02. The van der Waals surface area contributed by atoms with Gasteiger partial charge in [0.25, 0.3) is 0 Å². The van der Waals surface area contributed by atoms with Gasteiger partial charge in [0, 0.05) is 30.4 Å². The van der Waals surface area contributed by atoms with E-state index in [2.05, 4.69) is 108 Å². The summed E-state index contributed by atoms with van der Waals surface area (Å²) in [5.41, 5.74) is 3.98. The molecule has 4 rings (SSSR count). The molecule has 0 bridgehead atoms. The monoisotopic (exact) mass is 328 g/mol. The van der Waals surface area contributed by atoms with Crippen molar-refractivity contribution in [1.29, 1.82) is 0 Å². The minimum absolute atomic E-state index is 0.312. The maximum absolute atomic E-state index is 2.55. The molecule has 1 heterocycles. The Morgan fingerprint density at radius 1 is 0.640 bits per heavy atom. The molecule has 0 amide bonds. The lowest BCUT2D eigenvalue weighted by Gasteiger charge is -2.37. The van der Waals surface area contributed by atoms with Gasteiger partial charge in [-0.25, -0.2) is 0 Å². The van der Waals surface area contributed by atoms with Gasteiger partial charge in [-0.15, -0.1) is 0 Å². The summed E-state index contributed by atoms with van der Waals surface area (Å²) >= 11 is 0. The van der Waals surface area contributed by atoms with Crippen LogP contribution >= 0.6 is 0 Å². The van der Waals surface area contributed by atoms with E-state index in [9.17, 15) is 0 Å². The van der Waals surface area contributed by atoms with Crippen LogP contribution in [-0.2, 0) is 0 Å². The Hall–Kier alpha value is -2.74. The summed E-state index contributed by atoms with van der Waals surface area (Å²) in [6.07, 6.45) is 0.312. The molecule has 126 valence electrons. The molecule has 0 unspecified atom stereocenters. The number of benzene rings is 3. The first-order chi connectivity index (χ1) is 12.3. The Morgan fingerprint density at radius 2 is 1.04 bits per heavy atom. The summed E-state index contributed by atoms with van der Waals surface area (Å²) in [7, 11) is 0. The highest BCUT2D eigenvalue weighted by Crippen LogP contribution is 2.35. The molecule has 0 radical (unpaired) electrons. The largest absolute Gasteiger partial charge is 0.349 e. The summed E-state index contributed by atoms with van der Waals surface area (Å²) in [5.74, 6) is 0.407. The SMILES string of the molecule is C[C@@H](c1ccccc1)C1N(c2ccccc2)CCN1c1ccccc1. The predicted octanol–water partition coefficient (Wildman–Crippen LogP) is 5.14. The molecule has 0 spiro atoms. The predicted molar refractivity (Wildman–Crippen MR) is 106 cm³/mol. The van der Waals surface area contributed by atoms with Crippen LogP contribution in [0, 0.1) is 0 Å². The van der Waals surface area contributed by atoms with Gasteiger partial charge in [-0.3, -0.25) is 0 Å². The highest BCUT2D eigenvalue weighted by molar-refractivity contribution is 5.58. The molecule has 1 atom stereocenters. The van der Waals surface area contributed by atoms with E-state index < -0.39 is 0 Å². The van der Waals surface area contributed by atoms with Gasteiger partial charge in [0.05, 0.1) is 0 Å². The van der Waals surface area contributed by atoms with Gasteiger partial charge >= 0.3 is 0 Å². The van der Waals surface area contributed by atoms with Gasteiger partial charge in [0.1, 0.15) is 6.17 Å². The van der Waals surface area contributed by atoms with E-state index in [1.54, 1.807) is 0 Å². The Labute approximate surface area is 150 Å². The Morgan fingerprint density at radius 3 is 1.48 bits per heavy atom. The normalized spacial score (nSPS) is 16.2. The van der Waals surface area contributed by atoms with Crippen molar-refractivity contribution in [3.63, 3.8) is 0 Å². The van der Waals surface area contributed by atoms with Crippen molar-refractivity contribution in [2.24, 2.45) is 0 Å². The van der Waals surface area contributed by atoms with Crippen LogP contribution in [-0.4, -0.2) is 19.3 Å². The second-order valence-electron chi connectivity index (χ2n) is 6.67. The summed E-state index contributed by atoms with van der Waals surface area (Å²) in [4.78, 5) is 5.09. The Bertz CT molecular complexity index is 739. The molecular formula is C23H24N2. The molecule has 0 N–H and O–H groups in total. The van der Waals surface area contributed by atoms with Crippen LogP contribution in [0.3, 0.4) is 0 Å². The van der Waals surface area contributed by atoms with E-state index in [0.29, 0.717) is 12.1 Å². The summed E-state index contributed by atoms with van der Waals surface area (Å²) in [5, 5.41) is 0. The number of nitrogens with zero attached hydrogens (tertiary/aromatic N) is 2. The van der Waals surface area contributed by atoms with E-state index >= 15 is 0 Å². The van der Waals surface area contributed by atoms with Crippen LogP contribution in [0.1, 0.15) is 18.4 Å². The minimum Gasteiger partial charge on any atom is -0.349 e. The lowest BCUT2D eigenvalue weighted by molar-refractivity contribution is 0.566. The quantitative estimate of drug-likeness (QED) is 0.654. The number of hydrogen-bond acceptors (Lipinski definition) is 2. The molecule has 25 heavy (non-hydrogen) atoms. The molecule has 0 aromatic heterocycles. The third-order valence-corrected chi connectivity index (χ3v) is 5.17. The maximum Gasteiger partial charge on any atom is 0.108 e. The van der Waals surface area contributed by atoms with Crippen LogP contribution in [0.5, 0.6) is 0 Å². The molecule has 0 aliphatic carbocycles. The average Bonchev–Trinajstić information content (AvgIpc) is 3.14. The molecule has 1 aliphatic rings. The second-order valence-corrected chi connectivity index (χ2v) is 6.67. The molecule has 2 heteroatoms. The van der Waals surface area contributed by atoms with Crippen LogP contribution < -0.4 is 9.80 Å². The smallest absolute Gasteiger partial charge is 0.108 e. The third kappa shape index (κ3) is 3.12. The van der Waals surface area contributed by atoms with E-state index in [1.807, 2.05) is 0 Å². The molecule has 2 nitrogen and oxygen atoms in total. The Kier molecular flexibility index (Phi) is 4.43. The average molecular weight is 328 g/mol. The van der Waals surface area contributed by atoms with Crippen LogP contribution in [0.2, 0.25) is 0 Å². The van der Waals surface area contributed by atoms with Crippen molar-refractivity contribution in [3.8, 4) is 0 Å². The first kappa shape index (κ1) is 15.8. The maximum atomic E-state index is 2.55. The Balaban J connectivity index is 1.73. The van der Waals surface area contributed by atoms with E-state index in [0.717, 1.165) is 13.1 Å². The molecule has 3 aromatic carbocycles. The van der Waals surface area contributed by atoms with Crippen molar-refractivity contribution in [2.75, 3.05) is 22.9 Å². The first-order valence-electron chi connectivity index (χ1n) is 9.03. The third-order valence-electron chi connectivity index (χ3n) is 5.17. The van der Waals surface area contributed by atoms with Crippen molar-refractivity contribution >= 4 is 11.4 Å². The van der Waals surface area contributed by atoms with Gasteiger partial charge in [0.15, 0.2) is 0 Å². The minimum atomic E-state index is 0.312. The fourth-order valence-electron chi connectivity index (χ4n) is 3.92. The molecule has 3 aromatic rings. The highest BCUT2D eigenvalue weighted by Gasteiger charge is 2.36. The fraction of sp³-hybridized carbons (Fsp3) is 0.217. The zero-order chi connectivity index (χ0) is 17.1. The van der Waals surface area contributed by atoms with Gasteiger partial charge in [-0.05, 0) is 29.8 Å². The van der Waals surface area contributed by atoms with E-state index in [1.165, 1.54) is 16.9 Å². The molecule has 1 saturated heterocycles. The molecule has 1 fully saturated rings. The number of para-hydroxylation sites is 2. The van der Waals surface area contributed by atoms with Gasteiger partial charge in [-0.2, -0.15) is 0 Å². The molecule has 0 saturated carbocycles. The van der Waals surface area contributed by atoms with Crippen LogP contribution in [0.25, 0.3) is 0 Å². The number of rotatable bonds is 4. The van der Waals surface area contributed by atoms with Crippen molar-refractivity contribution in [3.05, 3.63) is 96.6 Å². The number of hydrogen-bond donors (Lipinski definition) is 0. The summed E-state index contributed by atoms with van der Waals surface area (Å²) < 4.78 is 0. The van der Waals surface area contributed by atoms with E-state index in [4.69, 9.17) is 0 Å². The fourth-order valence-corrected chi connectivity index (χ4v) is 3.92. The topological polar surface area (TPSA) is 6.48 Å². The van der Waals surface area contributed by atoms with Gasteiger partial charge in [0.2, 0.25) is 0 Å². The molecule has 1 aliphatic heterocycles. The van der Waals surface area contributed by atoms with Crippen molar-refractivity contribution < 1.29 is 0 Å². The highest BCUT2D eigenvalue weighted by atomic mass is 15.4. The summed E-state index contributed by atoms with van der Waals surface area (Å²) in [6, 6.07) is 32.4. The first-order valence-corrected chi connectivity index (χ1v) is 9.03. The van der Waals surface area contributed by atoms with Crippen LogP contribution in [0.15, 0.2) is 91.0 Å².